The molecule has 1 aromatic carbocycles. The Hall–Kier alpha value is -1.30. The van der Waals surface area contributed by atoms with Gasteiger partial charge in [-0.1, -0.05) is 6.07 Å². The van der Waals surface area contributed by atoms with E-state index in [9.17, 15) is 5.11 Å². The summed E-state index contributed by atoms with van der Waals surface area (Å²) in [5.74, 6) is 1.49. The number of hydrogen-bond acceptors (Lipinski definition) is 5. The maximum atomic E-state index is 10.5. The molecule has 0 radical (unpaired) electrons. The summed E-state index contributed by atoms with van der Waals surface area (Å²) in [5, 5.41) is 10.5. The van der Waals surface area contributed by atoms with Gasteiger partial charge in [0.05, 0.1) is 6.10 Å². The maximum absolute atomic E-state index is 10.5. The summed E-state index contributed by atoms with van der Waals surface area (Å²) in [6.07, 6.45) is -0.498. The lowest BCUT2D eigenvalue weighted by atomic mass is 10.1. The fraction of sp³-hybridized carbons (Fsp3) is 0.625. The van der Waals surface area contributed by atoms with Gasteiger partial charge in [-0.25, -0.2) is 0 Å². The van der Waals surface area contributed by atoms with Crippen LogP contribution in [0.5, 0.6) is 11.5 Å². The number of fused-ring (bicyclic) bond motifs is 1. The van der Waals surface area contributed by atoms with Crippen LogP contribution in [-0.2, 0) is 0 Å². The first kappa shape index (κ1) is 14.6. The zero-order chi connectivity index (χ0) is 15.0. The molecule has 1 fully saturated rings. The van der Waals surface area contributed by atoms with Gasteiger partial charge in [0.1, 0.15) is 0 Å². The Labute approximate surface area is 126 Å². The van der Waals surface area contributed by atoms with Crippen molar-refractivity contribution in [3.05, 3.63) is 23.8 Å². The van der Waals surface area contributed by atoms with Crippen molar-refractivity contribution in [2.45, 2.75) is 32.0 Å². The first-order valence-electron chi connectivity index (χ1n) is 7.56. The summed E-state index contributed by atoms with van der Waals surface area (Å²) in [6, 6.07) is 6.70. The van der Waals surface area contributed by atoms with Gasteiger partial charge in [0.25, 0.3) is 0 Å². The fourth-order valence-corrected chi connectivity index (χ4v) is 3.13. The van der Waals surface area contributed by atoms with Crippen LogP contribution in [0.4, 0.5) is 0 Å². The van der Waals surface area contributed by atoms with Gasteiger partial charge in [-0.05, 0) is 38.6 Å². The zero-order valence-corrected chi connectivity index (χ0v) is 13.0. The van der Waals surface area contributed by atoms with E-state index in [1.807, 2.05) is 18.2 Å². The molecule has 1 saturated heterocycles. The summed E-state index contributed by atoms with van der Waals surface area (Å²) in [4.78, 5) is 4.73. The van der Waals surface area contributed by atoms with Crippen LogP contribution in [-0.4, -0.2) is 60.5 Å². The number of likely N-dealkylation sites (N-methyl/N-ethyl adjacent to an activating group) is 1. The number of piperazine rings is 1. The molecule has 2 aliphatic heterocycles. The minimum atomic E-state index is -0.498. The normalized spacial score (nSPS) is 27.8. The molecule has 3 unspecified atom stereocenters. The van der Waals surface area contributed by atoms with E-state index in [0.717, 1.165) is 30.2 Å². The van der Waals surface area contributed by atoms with Gasteiger partial charge in [-0.2, -0.15) is 0 Å². The highest BCUT2D eigenvalue weighted by Gasteiger charge is 2.28. The molecule has 116 valence electrons. The lowest BCUT2D eigenvalue weighted by Crippen LogP contribution is -2.55. The number of nitrogens with zero attached hydrogens (tertiary/aromatic N) is 2. The van der Waals surface area contributed by atoms with Crippen molar-refractivity contribution >= 4 is 0 Å². The van der Waals surface area contributed by atoms with E-state index >= 15 is 0 Å². The van der Waals surface area contributed by atoms with Crippen molar-refractivity contribution in [1.82, 2.24) is 9.80 Å². The second-order valence-electron chi connectivity index (χ2n) is 6.21. The van der Waals surface area contributed by atoms with Crippen LogP contribution >= 0.6 is 0 Å². The summed E-state index contributed by atoms with van der Waals surface area (Å²) < 4.78 is 10.7. The van der Waals surface area contributed by atoms with Gasteiger partial charge < -0.3 is 14.6 Å². The molecule has 0 spiro atoms. The van der Waals surface area contributed by atoms with Crippen LogP contribution in [0.15, 0.2) is 18.2 Å². The van der Waals surface area contributed by atoms with Crippen LogP contribution in [0.1, 0.15) is 25.5 Å². The molecule has 0 saturated carbocycles. The molecule has 1 aromatic rings. The Balaban J connectivity index is 1.65. The quantitative estimate of drug-likeness (QED) is 0.914. The van der Waals surface area contributed by atoms with Crippen LogP contribution in [0.25, 0.3) is 0 Å². The maximum Gasteiger partial charge on any atom is 0.231 e. The Kier molecular flexibility index (Phi) is 4.06. The topological polar surface area (TPSA) is 45.2 Å². The highest BCUT2D eigenvalue weighted by molar-refractivity contribution is 5.45. The zero-order valence-electron chi connectivity index (χ0n) is 13.0. The van der Waals surface area contributed by atoms with Crippen LogP contribution < -0.4 is 9.47 Å². The van der Waals surface area contributed by atoms with Crippen LogP contribution in [0.2, 0.25) is 0 Å². The van der Waals surface area contributed by atoms with Gasteiger partial charge >= 0.3 is 0 Å². The minimum absolute atomic E-state index is 0.266. The number of β-amino-alcohol motifs (C(OH)–C–C–N with tert-alkyl or cyclic N) is 1. The van der Waals surface area contributed by atoms with E-state index in [1.165, 1.54) is 0 Å². The molecule has 5 heteroatoms. The second kappa shape index (κ2) is 5.83. The molecule has 1 N–H and O–H groups in total. The number of ether oxygens (including phenoxy) is 2. The lowest BCUT2D eigenvalue weighted by molar-refractivity contribution is 0.0281. The summed E-state index contributed by atoms with van der Waals surface area (Å²) >= 11 is 0. The summed E-state index contributed by atoms with van der Waals surface area (Å²) in [7, 11) is 2.17. The molecule has 21 heavy (non-hydrogen) atoms. The molecule has 5 nitrogen and oxygen atoms in total. The lowest BCUT2D eigenvalue weighted by Gasteiger charge is -2.43. The van der Waals surface area contributed by atoms with Crippen LogP contribution in [0, 0.1) is 0 Å². The van der Waals surface area contributed by atoms with Crippen molar-refractivity contribution < 1.29 is 14.6 Å². The highest BCUT2D eigenvalue weighted by atomic mass is 16.7. The molecule has 0 bridgehead atoms. The molecule has 2 aliphatic rings. The third-order valence-electron chi connectivity index (χ3n) is 4.65. The largest absolute Gasteiger partial charge is 0.454 e. The average molecular weight is 292 g/mol. The number of aliphatic hydroxyl groups excluding tert-OH is 1. The third-order valence-corrected chi connectivity index (χ3v) is 4.65. The Morgan fingerprint density at radius 3 is 2.57 bits per heavy atom. The molecule has 0 aromatic heterocycles. The molecule has 0 aliphatic carbocycles. The van der Waals surface area contributed by atoms with Crippen LogP contribution in [0.3, 0.4) is 0 Å². The van der Waals surface area contributed by atoms with E-state index in [1.54, 1.807) is 0 Å². The van der Waals surface area contributed by atoms with E-state index < -0.39 is 6.10 Å². The Morgan fingerprint density at radius 1 is 1.19 bits per heavy atom. The van der Waals surface area contributed by atoms with Crippen molar-refractivity contribution in [3.8, 4) is 11.5 Å². The van der Waals surface area contributed by atoms with Gasteiger partial charge in [0.2, 0.25) is 6.79 Å². The standard InChI is InChI=1S/C16H24N2O3/c1-11-7-18(8-12(2)17(11)3)9-14(19)13-4-5-15-16(6-13)21-10-20-15/h4-6,11-12,14,19H,7-10H2,1-3H3. The predicted molar refractivity (Wildman–Crippen MR) is 80.7 cm³/mol. The van der Waals surface area contributed by atoms with Gasteiger partial charge in [0.15, 0.2) is 11.5 Å². The molecular formula is C16H24N2O3. The fourth-order valence-electron chi connectivity index (χ4n) is 3.13. The van der Waals surface area contributed by atoms with Gasteiger partial charge in [0, 0.05) is 31.7 Å². The van der Waals surface area contributed by atoms with Gasteiger partial charge in [-0.3, -0.25) is 9.80 Å². The summed E-state index contributed by atoms with van der Waals surface area (Å²) in [6.45, 7) is 7.36. The first-order valence-corrected chi connectivity index (χ1v) is 7.56. The average Bonchev–Trinajstić information content (AvgIpc) is 2.91. The Morgan fingerprint density at radius 2 is 1.86 bits per heavy atom. The Bertz CT molecular complexity index is 496. The number of rotatable bonds is 3. The van der Waals surface area contributed by atoms with Crippen molar-refractivity contribution in [2.24, 2.45) is 0 Å². The molecule has 3 rings (SSSR count). The molecule has 3 atom stereocenters. The minimum Gasteiger partial charge on any atom is -0.454 e. The highest BCUT2D eigenvalue weighted by Crippen LogP contribution is 2.34. The van der Waals surface area contributed by atoms with Crippen molar-refractivity contribution in [1.29, 1.82) is 0 Å². The molecule has 0 amide bonds. The predicted octanol–water partition coefficient (Wildman–Crippen LogP) is 1.47. The smallest absolute Gasteiger partial charge is 0.231 e. The first-order chi connectivity index (χ1) is 10.0. The molecule has 2 heterocycles. The van der Waals surface area contributed by atoms with Gasteiger partial charge in [-0.15, -0.1) is 0 Å². The van der Waals surface area contributed by atoms with E-state index in [2.05, 4.69) is 30.7 Å². The number of hydrogen-bond donors (Lipinski definition) is 1. The van der Waals surface area contributed by atoms with E-state index in [-0.39, 0.29) is 6.79 Å². The number of aliphatic hydroxyl groups is 1. The number of benzene rings is 1. The van der Waals surface area contributed by atoms with E-state index in [4.69, 9.17) is 9.47 Å². The summed E-state index contributed by atoms with van der Waals surface area (Å²) in [5.41, 5.74) is 0.887. The third kappa shape index (κ3) is 3.00. The SMILES string of the molecule is CC1CN(CC(O)c2ccc3c(c2)OCO3)CC(C)N1C. The molecular weight excluding hydrogens is 268 g/mol. The van der Waals surface area contributed by atoms with E-state index in [0.29, 0.717) is 18.6 Å². The van der Waals surface area contributed by atoms with Crippen molar-refractivity contribution in [3.63, 3.8) is 0 Å². The second-order valence-corrected chi connectivity index (χ2v) is 6.21. The monoisotopic (exact) mass is 292 g/mol. The van der Waals surface area contributed by atoms with Crippen molar-refractivity contribution in [2.75, 3.05) is 33.5 Å².